The summed E-state index contributed by atoms with van der Waals surface area (Å²) < 4.78 is 5.40. The highest BCUT2D eigenvalue weighted by Crippen LogP contribution is 2.21. The molecule has 1 N–H and O–H groups in total. The molecular formula is C18H23NO. The summed E-state index contributed by atoms with van der Waals surface area (Å²) in [5.41, 5.74) is 4.98. The lowest BCUT2D eigenvalue weighted by molar-refractivity contribution is 0.410. The maximum Gasteiger partial charge on any atom is 0.123 e. The first-order chi connectivity index (χ1) is 9.72. The average molecular weight is 269 g/mol. The summed E-state index contributed by atoms with van der Waals surface area (Å²) in [6.07, 6.45) is 2.33. The van der Waals surface area contributed by atoms with Gasteiger partial charge < -0.3 is 10.1 Å². The van der Waals surface area contributed by atoms with E-state index in [0.717, 1.165) is 24.4 Å². The van der Waals surface area contributed by atoms with Crippen LogP contribution in [0.25, 0.3) is 0 Å². The average Bonchev–Trinajstić information content (AvgIpc) is 2.47. The standard InChI is InChI=1S/C18H23NO/c1-4-5-15-7-9-17(10-8-15)19-13-16-12-14(2)6-11-18(16)20-3/h6-12,19H,4-5,13H2,1-3H3. The van der Waals surface area contributed by atoms with Crippen LogP contribution in [-0.2, 0) is 13.0 Å². The molecular weight excluding hydrogens is 246 g/mol. The van der Waals surface area contributed by atoms with Gasteiger partial charge in [0.2, 0.25) is 0 Å². The Hall–Kier alpha value is -1.96. The summed E-state index contributed by atoms with van der Waals surface area (Å²) in [4.78, 5) is 0. The lowest BCUT2D eigenvalue weighted by atomic mass is 10.1. The van der Waals surface area contributed by atoms with E-state index in [2.05, 4.69) is 55.6 Å². The van der Waals surface area contributed by atoms with Crippen molar-refractivity contribution >= 4 is 5.69 Å². The highest BCUT2D eigenvalue weighted by molar-refractivity contribution is 5.47. The third kappa shape index (κ3) is 3.77. The molecule has 0 saturated heterocycles. The lowest BCUT2D eigenvalue weighted by Gasteiger charge is -2.12. The Labute approximate surface area is 121 Å². The predicted octanol–water partition coefficient (Wildman–Crippen LogP) is 4.57. The van der Waals surface area contributed by atoms with E-state index in [4.69, 9.17) is 4.74 Å². The van der Waals surface area contributed by atoms with E-state index >= 15 is 0 Å². The Kier molecular flexibility index (Phi) is 5.05. The highest BCUT2D eigenvalue weighted by atomic mass is 16.5. The van der Waals surface area contributed by atoms with Crippen molar-refractivity contribution in [1.29, 1.82) is 0 Å². The summed E-state index contributed by atoms with van der Waals surface area (Å²) in [6, 6.07) is 14.9. The molecule has 0 aliphatic heterocycles. The molecule has 0 aromatic heterocycles. The lowest BCUT2D eigenvalue weighted by Crippen LogP contribution is -2.02. The normalized spacial score (nSPS) is 10.3. The molecule has 0 unspecified atom stereocenters. The van der Waals surface area contributed by atoms with Gasteiger partial charge in [-0.3, -0.25) is 0 Å². The molecule has 2 rings (SSSR count). The minimum atomic E-state index is 0.776. The fourth-order valence-electron chi connectivity index (χ4n) is 2.32. The Balaban J connectivity index is 2.02. The first-order valence-corrected chi connectivity index (χ1v) is 7.19. The van der Waals surface area contributed by atoms with Crippen LogP contribution in [0.2, 0.25) is 0 Å². The van der Waals surface area contributed by atoms with Crippen LogP contribution in [0.3, 0.4) is 0 Å². The SMILES string of the molecule is CCCc1ccc(NCc2cc(C)ccc2OC)cc1. The molecule has 0 aliphatic rings. The maximum atomic E-state index is 5.40. The number of aryl methyl sites for hydroxylation is 2. The minimum Gasteiger partial charge on any atom is -0.496 e. The Bertz CT molecular complexity index is 546. The van der Waals surface area contributed by atoms with Crippen molar-refractivity contribution in [2.24, 2.45) is 0 Å². The summed E-state index contributed by atoms with van der Waals surface area (Å²) in [7, 11) is 1.72. The molecule has 0 saturated carbocycles. The van der Waals surface area contributed by atoms with Crippen molar-refractivity contribution in [2.45, 2.75) is 33.2 Å². The number of hydrogen-bond donors (Lipinski definition) is 1. The van der Waals surface area contributed by atoms with Gasteiger partial charge in [0.1, 0.15) is 5.75 Å². The molecule has 0 radical (unpaired) electrons. The minimum absolute atomic E-state index is 0.776. The van der Waals surface area contributed by atoms with E-state index in [-0.39, 0.29) is 0 Å². The quantitative estimate of drug-likeness (QED) is 0.829. The summed E-state index contributed by atoms with van der Waals surface area (Å²) in [6.45, 7) is 5.08. The van der Waals surface area contributed by atoms with Gasteiger partial charge in [0.25, 0.3) is 0 Å². The first-order valence-electron chi connectivity index (χ1n) is 7.19. The zero-order chi connectivity index (χ0) is 14.4. The molecule has 2 nitrogen and oxygen atoms in total. The van der Waals surface area contributed by atoms with Crippen LogP contribution in [0.1, 0.15) is 30.0 Å². The molecule has 2 aromatic rings. The van der Waals surface area contributed by atoms with Gasteiger partial charge in [0.05, 0.1) is 7.11 Å². The number of anilines is 1. The highest BCUT2D eigenvalue weighted by Gasteiger charge is 2.03. The molecule has 0 fully saturated rings. The second-order valence-electron chi connectivity index (χ2n) is 5.12. The largest absolute Gasteiger partial charge is 0.496 e. The first kappa shape index (κ1) is 14.4. The molecule has 2 heteroatoms. The van der Waals surface area contributed by atoms with Crippen molar-refractivity contribution in [3.63, 3.8) is 0 Å². The molecule has 106 valence electrons. The monoisotopic (exact) mass is 269 g/mol. The van der Waals surface area contributed by atoms with Crippen LogP contribution >= 0.6 is 0 Å². The van der Waals surface area contributed by atoms with Gasteiger partial charge in [-0.2, -0.15) is 0 Å². The number of hydrogen-bond acceptors (Lipinski definition) is 2. The van der Waals surface area contributed by atoms with Gasteiger partial charge >= 0.3 is 0 Å². The molecule has 0 aliphatic carbocycles. The van der Waals surface area contributed by atoms with E-state index in [1.807, 2.05) is 6.07 Å². The zero-order valence-corrected chi connectivity index (χ0v) is 12.6. The Morgan fingerprint density at radius 3 is 2.45 bits per heavy atom. The van der Waals surface area contributed by atoms with E-state index in [0.29, 0.717) is 0 Å². The number of benzene rings is 2. The molecule has 20 heavy (non-hydrogen) atoms. The summed E-state index contributed by atoms with van der Waals surface area (Å²) in [5.74, 6) is 0.936. The van der Waals surface area contributed by atoms with Crippen LogP contribution in [-0.4, -0.2) is 7.11 Å². The Morgan fingerprint density at radius 2 is 1.80 bits per heavy atom. The van der Waals surface area contributed by atoms with Crippen LogP contribution < -0.4 is 10.1 Å². The third-order valence-electron chi connectivity index (χ3n) is 3.41. The second kappa shape index (κ2) is 6.99. The molecule has 0 bridgehead atoms. The topological polar surface area (TPSA) is 21.3 Å². The van der Waals surface area contributed by atoms with E-state index < -0.39 is 0 Å². The van der Waals surface area contributed by atoms with Crippen LogP contribution in [0, 0.1) is 6.92 Å². The number of methoxy groups -OCH3 is 1. The number of ether oxygens (including phenoxy) is 1. The Morgan fingerprint density at radius 1 is 1.05 bits per heavy atom. The van der Waals surface area contributed by atoms with Crippen molar-refractivity contribution in [2.75, 3.05) is 12.4 Å². The van der Waals surface area contributed by atoms with E-state index in [1.165, 1.54) is 23.1 Å². The van der Waals surface area contributed by atoms with Crippen molar-refractivity contribution in [1.82, 2.24) is 0 Å². The summed E-state index contributed by atoms with van der Waals surface area (Å²) >= 11 is 0. The van der Waals surface area contributed by atoms with Crippen molar-refractivity contribution < 1.29 is 4.74 Å². The fraction of sp³-hybridized carbons (Fsp3) is 0.333. The smallest absolute Gasteiger partial charge is 0.123 e. The fourth-order valence-corrected chi connectivity index (χ4v) is 2.32. The van der Waals surface area contributed by atoms with E-state index in [9.17, 15) is 0 Å². The van der Waals surface area contributed by atoms with Crippen LogP contribution in [0.4, 0.5) is 5.69 Å². The second-order valence-corrected chi connectivity index (χ2v) is 5.12. The van der Waals surface area contributed by atoms with Gasteiger partial charge in [-0.25, -0.2) is 0 Å². The van der Waals surface area contributed by atoms with Crippen LogP contribution in [0.15, 0.2) is 42.5 Å². The van der Waals surface area contributed by atoms with Crippen LogP contribution in [0.5, 0.6) is 5.75 Å². The van der Waals surface area contributed by atoms with Gasteiger partial charge in [-0.05, 0) is 37.1 Å². The van der Waals surface area contributed by atoms with Gasteiger partial charge in [-0.1, -0.05) is 43.2 Å². The van der Waals surface area contributed by atoms with Gasteiger partial charge in [-0.15, -0.1) is 0 Å². The number of nitrogens with one attached hydrogen (secondary N) is 1. The zero-order valence-electron chi connectivity index (χ0n) is 12.6. The van der Waals surface area contributed by atoms with Crippen molar-refractivity contribution in [3.05, 3.63) is 59.2 Å². The van der Waals surface area contributed by atoms with Gasteiger partial charge in [0.15, 0.2) is 0 Å². The molecule has 0 atom stereocenters. The predicted molar refractivity (Wildman–Crippen MR) is 85.5 cm³/mol. The van der Waals surface area contributed by atoms with E-state index in [1.54, 1.807) is 7.11 Å². The number of rotatable bonds is 6. The van der Waals surface area contributed by atoms with Gasteiger partial charge in [0, 0.05) is 17.8 Å². The molecule has 2 aromatic carbocycles. The molecule has 0 amide bonds. The summed E-state index contributed by atoms with van der Waals surface area (Å²) in [5, 5.41) is 3.45. The molecule has 0 spiro atoms. The third-order valence-corrected chi connectivity index (χ3v) is 3.41. The van der Waals surface area contributed by atoms with Crippen molar-refractivity contribution in [3.8, 4) is 5.75 Å². The maximum absolute atomic E-state index is 5.40. The molecule has 0 heterocycles.